The fourth-order valence-electron chi connectivity index (χ4n) is 2.50. The van der Waals surface area contributed by atoms with Crippen LogP contribution in [0.25, 0.3) is 0 Å². The molecule has 128 valence electrons. The molecule has 0 saturated heterocycles. The highest BCUT2D eigenvalue weighted by molar-refractivity contribution is 5.72. The normalized spacial score (nSPS) is 10.5. The van der Waals surface area contributed by atoms with Crippen molar-refractivity contribution in [2.24, 2.45) is 5.92 Å². The Morgan fingerprint density at radius 2 is 1.19 bits per heavy atom. The molecular formula is C18H39NO2. The van der Waals surface area contributed by atoms with Gasteiger partial charge in [-0.15, -0.1) is 0 Å². The lowest BCUT2D eigenvalue weighted by atomic mass is 10.0. The highest BCUT2D eigenvalue weighted by Crippen LogP contribution is 2.12. The van der Waals surface area contributed by atoms with Crippen LogP contribution in [-0.4, -0.2) is 12.6 Å². The molecule has 0 aromatic rings. The third kappa shape index (κ3) is 14.1. The van der Waals surface area contributed by atoms with Gasteiger partial charge in [-0.05, 0) is 19.3 Å². The maximum absolute atomic E-state index is 11.6. The standard InChI is InChI=1S/C18H36O2.H3N/c1-4-7-8-9-10-11-12-13-14-15-16-20-18(19)17(5-2)6-3;/h17H,4-16H2,1-3H3;1H3. The molecule has 0 aliphatic carbocycles. The Balaban J connectivity index is 0. The molecule has 0 aliphatic rings. The minimum atomic E-state index is 0. The van der Waals surface area contributed by atoms with Crippen LogP contribution in [0.15, 0.2) is 0 Å². The van der Waals surface area contributed by atoms with Gasteiger partial charge in [0, 0.05) is 0 Å². The molecule has 0 aromatic heterocycles. The van der Waals surface area contributed by atoms with E-state index in [2.05, 4.69) is 20.8 Å². The van der Waals surface area contributed by atoms with Gasteiger partial charge in [0.1, 0.15) is 0 Å². The quantitative estimate of drug-likeness (QED) is 0.314. The molecule has 0 radical (unpaired) electrons. The smallest absolute Gasteiger partial charge is 0.308 e. The van der Waals surface area contributed by atoms with Crippen molar-refractivity contribution >= 4 is 5.97 Å². The predicted molar refractivity (Wildman–Crippen MR) is 91.9 cm³/mol. The van der Waals surface area contributed by atoms with E-state index < -0.39 is 0 Å². The number of hydrogen-bond donors (Lipinski definition) is 1. The van der Waals surface area contributed by atoms with Crippen molar-refractivity contribution in [3.8, 4) is 0 Å². The lowest BCUT2D eigenvalue weighted by Gasteiger charge is -2.11. The summed E-state index contributed by atoms with van der Waals surface area (Å²) in [5.74, 6) is 0.115. The van der Waals surface area contributed by atoms with Crippen molar-refractivity contribution in [2.45, 2.75) is 97.8 Å². The number of carbonyl (C=O) groups is 1. The maximum Gasteiger partial charge on any atom is 0.308 e. The van der Waals surface area contributed by atoms with E-state index in [-0.39, 0.29) is 18.0 Å². The summed E-state index contributed by atoms with van der Waals surface area (Å²) in [7, 11) is 0. The number of rotatable bonds is 14. The summed E-state index contributed by atoms with van der Waals surface area (Å²) in [4.78, 5) is 11.6. The van der Waals surface area contributed by atoms with Gasteiger partial charge in [0.2, 0.25) is 0 Å². The third-order valence-electron chi connectivity index (χ3n) is 4.06. The van der Waals surface area contributed by atoms with Crippen LogP contribution in [0.3, 0.4) is 0 Å². The third-order valence-corrected chi connectivity index (χ3v) is 4.06. The number of carbonyl (C=O) groups excluding carboxylic acids is 1. The molecule has 0 bridgehead atoms. The molecule has 0 spiro atoms. The van der Waals surface area contributed by atoms with Crippen molar-refractivity contribution in [2.75, 3.05) is 6.61 Å². The van der Waals surface area contributed by atoms with E-state index in [9.17, 15) is 4.79 Å². The summed E-state index contributed by atoms with van der Waals surface area (Å²) in [5, 5.41) is 0. The lowest BCUT2D eigenvalue weighted by Crippen LogP contribution is -2.16. The molecule has 0 heterocycles. The first-order valence-corrected chi connectivity index (χ1v) is 8.92. The molecule has 0 aliphatic heterocycles. The molecule has 0 unspecified atom stereocenters. The first kappa shape index (κ1) is 22.7. The highest BCUT2D eigenvalue weighted by atomic mass is 16.5. The van der Waals surface area contributed by atoms with E-state index in [0.717, 1.165) is 19.3 Å². The monoisotopic (exact) mass is 301 g/mol. The Morgan fingerprint density at radius 3 is 1.62 bits per heavy atom. The predicted octanol–water partition coefficient (Wildman–Crippen LogP) is 6.05. The van der Waals surface area contributed by atoms with Crippen molar-refractivity contribution < 1.29 is 9.53 Å². The van der Waals surface area contributed by atoms with Gasteiger partial charge in [-0.3, -0.25) is 4.79 Å². The van der Waals surface area contributed by atoms with E-state index in [0.29, 0.717) is 6.61 Å². The maximum atomic E-state index is 11.6. The van der Waals surface area contributed by atoms with E-state index >= 15 is 0 Å². The molecular weight excluding hydrogens is 262 g/mol. The molecule has 0 aromatic carbocycles. The Bertz CT molecular complexity index is 215. The van der Waals surface area contributed by atoms with E-state index in [1.807, 2.05) is 0 Å². The van der Waals surface area contributed by atoms with E-state index in [1.54, 1.807) is 0 Å². The second-order valence-electron chi connectivity index (χ2n) is 5.86. The van der Waals surface area contributed by atoms with E-state index in [1.165, 1.54) is 57.8 Å². The van der Waals surface area contributed by atoms with Crippen LogP contribution in [0.2, 0.25) is 0 Å². The second kappa shape index (κ2) is 17.5. The zero-order valence-electron chi connectivity index (χ0n) is 14.8. The molecule has 3 N–H and O–H groups in total. The Morgan fingerprint density at radius 1 is 0.762 bits per heavy atom. The topological polar surface area (TPSA) is 61.3 Å². The molecule has 0 amide bonds. The van der Waals surface area contributed by atoms with Gasteiger partial charge < -0.3 is 10.9 Å². The fourth-order valence-corrected chi connectivity index (χ4v) is 2.50. The fraction of sp³-hybridized carbons (Fsp3) is 0.944. The van der Waals surface area contributed by atoms with Crippen molar-refractivity contribution in [3.63, 3.8) is 0 Å². The Kier molecular flexibility index (Phi) is 18.9. The summed E-state index contributed by atoms with van der Waals surface area (Å²) in [5.41, 5.74) is 0. The molecule has 21 heavy (non-hydrogen) atoms. The second-order valence-corrected chi connectivity index (χ2v) is 5.86. The van der Waals surface area contributed by atoms with Crippen molar-refractivity contribution in [3.05, 3.63) is 0 Å². The van der Waals surface area contributed by atoms with Crippen molar-refractivity contribution in [1.82, 2.24) is 6.15 Å². The SMILES string of the molecule is CCCCCCCCCCCCOC(=O)C(CC)CC.N. The number of hydrogen-bond acceptors (Lipinski definition) is 3. The van der Waals surface area contributed by atoms with Crippen LogP contribution in [0.5, 0.6) is 0 Å². The summed E-state index contributed by atoms with van der Waals surface area (Å²) in [6.07, 6.45) is 14.9. The molecule has 0 fully saturated rings. The van der Waals surface area contributed by atoms with Gasteiger partial charge >= 0.3 is 5.97 Å². The Labute approximate surface area is 132 Å². The lowest BCUT2D eigenvalue weighted by molar-refractivity contribution is -0.148. The zero-order valence-corrected chi connectivity index (χ0v) is 14.8. The van der Waals surface area contributed by atoms with Gasteiger partial charge in [-0.1, -0.05) is 78.6 Å². The zero-order chi connectivity index (χ0) is 15.1. The van der Waals surface area contributed by atoms with Crippen LogP contribution in [0.4, 0.5) is 0 Å². The average molecular weight is 302 g/mol. The number of ether oxygens (including phenoxy) is 1. The number of esters is 1. The van der Waals surface area contributed by atoms with Gasteiger partial charge in [0.05, 0.1) is 12.5 Å². The summed E-state index contributed by atoms with van der Waals surface area (Å²) in [6, 6.07) is 0. The molecule has 0 rings (SSSR count). The summed E-state index contributed by atoms with van der Waals surface area (Å²) in [6.45, 7) is 6.98. The molecule has 3 nitrogen and oxygen atoms in total. The molecule has 0 saturated carbocycles. The molecule has 0 atom stereocenters. The van der Waals surface area contributed by atoms with E-state index in [4.69, 9.17) is 4.74 Å². The Hall–Kier alpha value is -0.570. The van der Waals surface area contributed by atoms with Crippen LogP contribution in [0, 0.1) is 5.92 Å². The summed E-state index contributed by atoms with van der Waals surface area (Å²) >= 11 is 0. The van der Waals surface area contributed by atoms with Gasteiger partial charge in [-0.2, -0.15) is 0 Å². The number of unbranched alkanes of at least 4 members (excludes halogenated alkanes) is 9. The largest absolute Gasteiger partial charge is 0.465 e. The average Bonchev–Trinajstić information content (AvgIpc) is 2.46. The first-order valence-electron chi connectivity index (χ1n) is 8.92. The van der Waals surface area contributed by atoms with Gasteiger partial charge in [0.15, 0.2) is 0 Å². The van der Waals surface area contributed by atoms with Crippen LogP contribution in [0.1, 0.15) is 97.8 Å². The van der Waals surface area contributed by atoms with Gasteiger partial charge in [0.25, 0.3) is 0 Å². The van der Waals surface area contributed by atoms with Crippen molar-refractivity contribution in [1.29, 1.82) is 0 Å². The summed E-state index contributed by atoms with van der Waals surface area (Å²) < 4.78 is 5.32. The highest BCUT2D eigenvalue weighted by Gasteiger charge is 2.14. The first-order chi connectivity index (χ1) is 9.76. The molecule has 3 heteroatoms. The minimum Gasteiger partial charge on any atom is -0.465 e. The van der Waals surface area contributed by atoms with Crippen LogP contribution in [-0.2, 0) is 9.53 Å². The van der Waals surface area contributed by atoms with Gasteiger partial charge in [-0.25, -0.2) is 0 Å². The van der Waals surface area contributed by atoms with Crippen LogP contribution >= 0.6 is 0 Å². The minimum absolute atomic E-state index is 0. The van der Waals surface area contributed by atoms with Crippen LogP contribution < -0.4 is 6.15 Å².